The van der Waals surface area contributed by atoms with E-state index in [1.807, 2.05) is 12.1 Å². The number of nitro benzene ring substituents is 1. The molecule has 0 bridgehead atoms. The summed E-state index contributed by atoms with van der Waals surface area (Å²) in [5, 5.41) is 24.1. The van der Waals surface area contributed by atoms with Gasteiger partial charge in [-0.3, -0.25) is 10.1 Å². The normalized spacial score (nSPS) is 19.0. The number of aliphatic hydroxyl groups excluding tert-OH is 1. The third kappa shape index (κ3) is 4.02. The van der Waals surface area contributed by atoms with Crippen LogP contribution in [0.5, 0.6) is 0 Å². The van der Waals surface area contributed by atoms with Crippen molar-refractivity contribution in [3.8, 4) is 0 Å². The summed E-state index contributed by atoms with van der Waals surface area (Å²) in [5.74, 6) is 0.552. The van der Waals surface area contributed by atoms with Gasteiger partial charge in [0.2, 0.25) is 0 Å². The Kier molecular flexibility index (Phi) is 4.96. The van der Waals surface area contributed by atoms with E-state index < -0.39 is 0 Å². The van der Waals surface area contributed by atoms with Gasteiger partial charge < -0.3 is 10.4 Å². The minimum Gasteiger partial charge on any atom is -0.394 e. The fourth-order valence-corrected chi connectivity index (χ4v) is 2.92. The molecule has 116 valence electrons. The number of benzene rings is 1. The van der Waals surface area contributed by atoms with E-state index in [-0.39, 0.29) is 28.8 Å². The monoisotopic (exact) mass is 292 g/mol. The third-order valence-corrected chi connectivity index (χ3v) is 4.42. The second-order valence-corrected chi connectivity index (χ2v) is 6.32. The van der Waals surface area contributed by atoms with Crippen LogP contribution in [0.25, 0.3) is 0 Å². The maximum atomic E-state index is 11.0. The molecule has 1 aromatic carbocycles. The van der Waals surface area contributed by atoms with Crippen LogP contribution in [0.3, 0.4) is 0 Å². The van der Waals surface area contributed by atoms with E-state index >= 15 is 0 Å². The molecule has 0 radical (unpaired) electrons. The number of hydrogen-bond donors (Lipinski definition) is 2. The summed E-state index contributed by atoms with van der Waals surface area (Å²) >= 11 is 0. The molecule has 0 aliphatic heterocycles. The lowest BCUT2D eigenvalue weighted by Crippen LogP contribution is -2.51. The van der Waals surface area contributed by atoms with Crippen molar-refractivity contribution in [3.63, 3.8) is 0 Å². The largest absolute Gasteiger partial charge is 0.394 e. The molecule has 0 aromatic heterocycles. The molecule has 1 fully saturated rings. The molecule has 0 spiro atoms. The lowest BCUT2D eigenvalue weighted by Gasteiger charge is -2.32. The Balaban J connectivity index is 1.92. The number of nitro groups is 1. The number of nitrogens with zero attached hydrogens (tertiary/aromatic N) is 1. The van der Waals surface area contributed by atoms with E-state index in [4.69, 9.17) is 0 Å². The summed E-state index contributed by atoms with van der Waals surface area (Å²) in [6.45, 7) is 4.27. The minimum atomic E-state index is -0.324. The fraction of sp³-hybridized carbons (Fsp3) is 0.625. The van der Waals surface area contributed by atoms with Gasteiger partial charge in [0.15, 0.2) is 0 Å². The van der Waals surface area contributed by atoms with Crippen LogP contribution in [-0.2, 0) is 6.42 Å². The molecule has 1 aliphatic rings. The Morgan fingerprint density at radius 1 is 1.48 bits per heavy atom. The van der Waals surface area contributed by atoms with Gasteiger partial charge >= 0.3 is 0 Å². The average molecular weight is 292 g/mol. The Labute approximate surface area is 125 Å². The minimum absolute atomic E-state index is 0.132. The lowest BCUT2D eigenvalue weighted by atomic mass is 9.94. The maximum Gasteiger partial charge on any atom is 0.272 e. The molecule has 0 heterocycles. The highest BCUT2D eigenvalue weighted by molar-refractivity contribution is 5.39. The third-order valence-electron chi connectivity index (χ3n) is 4.42. The Morgan fingerprint density at radius 2 is 2.14 bits per heavy atom. The first-order valence-corrected chi connectivity index (χ1v) is 7.57. The summed E-state index contributed by atoms with van der Waals surface area (Å²) in [4.78, 5) is 10.7. The van der Waals surface area contributed by atoms with Crippen LogP contribution in [0.2, 0.25) is 0 Å². The highest BCUT2D eigenvalue weighted by Gasteiger charge is 2.41. The van der Waals surface area contributed by atoms with Gasteiger partial charge in [-0.25, -0.2) is 0 Å². The summed E-state index contributed by atoms with van der Waals surface area (Å²) in [6, 6.07) is 7.11. The van der Waals surface area contributed by atoms with Crippen molar-refractivity contribution in [1.29, 1.82) is 0 Å². The van der Waals surface area contributed by atoms with Crippen molar-refractivity contribution in [2.45, 2.75) is 51.1 Å². The van der Waals surface area contributed by atoms with Gasteiger partial charge in [-0.2, -0.15) is 0 Å². The Hall–Kier alpha value is -1.46. The highest BCUT2D eigenvalue weighted by Crippen LogP contribution is 2.39. The number of hydrogen-bond acceptors (Lipinski definition) is 4. The van der Waals surface area contributed by atoms with Crippen molar-refractivity contribution in [3.05, 3.63) is 39.9 Å². The molecule has 2 atom stereocenters. The molecule has 2 unspecified atom stereocenters. The van der Waals surface area contributed by atoms with Crippen molar-refractivity contribution < 1.29 is 10.0 Å². The summed E-state index contributed by atoms with van der Waals surface area (Å²) in [6.07, 6.45) is 3.81. The zero-order valence-electron chi connectivity index (χ0n) is 12.7. The predicted octanol–water partition coefficient (Wildman–Crippen LogP) is 2.67. The van der Waals surface area contributed by atoms with Gasteiger partial charge in [-0.1, -0.05) is 18.2 Å². The van der Waals surface area contributed by atoms with Crippen LogP contribution < -0.4 is 5.32 Å². The Morgan fingerprint density at radius 3 is 2.71 bits per heavy atom. The van der Waals surface area contributed by atoms with Crippen LogP contribution in [0.1, 0.15) is 38.7 Å². The first-order chi connectivity index (χ1) is 9.96. The number of rotatable bonds is 8. The molecule has 1 saturated carbocycles. The standard InChI is InChI=1S/C16H24N2O3/c1-12(17-16(2,11-19)14-9-10-14)7-8-13-5-3-4-6-15(13)18(20)21/h3-6,12,14,17,19H,7-11H2,1-2H3. The molecule has 21 heavy (non-hydrogen) atoms. The fourth-order valence-electron chi connectivity index (χ4n) is 2.92. The number of aryl methyl sites for hydroxylation is 1. The molecule has 1 aromatic rings. The maximum absolute atomic E-state index is 11.0. The first-order valence-electron chi connectivity index (χ1n) is 7.57. The summed E-state index contributed by atoms with van der Waals surface area (Å²) in [7, 11) is 0. The summed E-state index contributed by atoms with van der Waals surface area (Å²) < 4.78 is 0. The van der Waals surface area contributed by atoms with Crippen molar-refractivity contribution in [1.82, 2.24) is 5.32 Å². The zero-order valence-corrected chi connectivity index (χ0v) is 12.7. The number of aliphatic hydroxyl groups is 1. The van der Waals surface area contributed by atoms with Gasteiger partial charge in [0.1, 0.15) is 0 Å². The van der Waals surface area contributed by atoms with Gasteiger partial charge in [0.25, 0.3) is 5.69 Å². The first kappa shape index (κ1) is 15.9. The Bertz CT molecular complexity index is 502. The van der Waals surface area contributed by atoms with Crippen molar-refractivity contribution in [2.75, 3.05) is 6.61 Å². The molecule has 0 saturated heterocycles. The predicted molar refractivity (Wildman–Crippen MR) is 82.2 cm³/mol. The van der Waals surface area contributed by atoms with Crippen molar-refractivity contribution >= 4 is 5.69 Å². The molecule has 0 amide bonds. The van der Waals surface area contributed by atoms with Crippen LogP contribution in [0.15, 0.2) is 24.3 Å². The average Bonchev–Trinajstić information content (AvgIpc) is 3.30. The van der Waals surface area contributed by atoms with Crippen LogP contribution in [0, 0.1) is 16.0 Å². The smallest absolute Gasteiger partial charge is 0.272 e. The molecule has 5 nitrogen and oxygen atoms in total. The van der Waals surface area contributed by atoms with Gasteiger partial charge in [0, 0.05) is 23.2 Å². The number of nitrogens with one attached hydrogen (secondary N) is 1. The van der Waals surface area contributed by atoms with Crippen LogP contribution >= 0.6 is 0 Å². The quantitative estimate of drug-likeness (QED) is 0.570. The molecule has 5 heteroatoms. The molecule has 1 aliphatic carbocycles. The molecule has 2 N–H and O–H groups in total. The van der Waals surface area contributed by atoms with E-state index in [0.29, 0.717) is 12.3 Å². The van der Waals surface area contributed by atoms with Crippen molar-refractivity contribution in [2.24, 2.45) is 5.92 Å². The SMILES string of the molecule is CC(CCc1ccccc1[N+](=O)[O-])NC(C)(CO)C1CC1. The lowest BCUT2D eigenvalue weighted by molar-refractivity contribution is -0.385. The second kappa shape index (κ2) is 6.54. The van der Waals surface area contributed by atoms with Gasteiger partial charge in [-0.05, 0) is 45.4 Å². The molecule has 2 rings (SSSR count). The summed E-state index contributed by atoms with van der Waals surface area (Å²) in [5.41, 5.74) is 0.743. The van der Waals surface area contributed by atoms with E-state index in [2.05, 4.69) is 19.2 Å². The highest BCUT2D eigenvalue weighted by atomic mass is 16.6. The molecular weight excluding hydrogens is 268 g/mol. The van der Waals surface area contributed by atoms with E-state index in [0.717, 1.165) is 12.0 Å². The van der Waals surface area contributed by atoms with Gasteiger partial charge in [0.05, 0.1) is 11.5 Å². The van der Waals surface area contributed by atoms with E-state index in [9.17, 15) is 15.2 Å². The van der Waals surface area contributed by atoms with Crippen LogP contribution in [-0.4, -0.2) is 28.2 Å². The number of para-hydroxylation sites is 1. The van der Waals surface area contributed by atoms with Gasteiger partial charge in [-0.15, -0.1) is 0 Å². The molecular formula is C16H24N2O3. The van der Waals surface area contributed by atoms with Crippen LogP contribution in [0.4, 0.5) is 5.69 Å². The van der Waals surface area contributed by atoms with E-state index in [1.165, 1.54) is 12.8 Å². The topological polar surface area (TPSA) is 75.4 Å². The second-order valence-electron chi connectivity index (χ2n) is 6.32. The zero-order chi connectivity index (χ0) is 15.5. The van der Waals surface area contributed by atoms with E-state index in [1.54, 1.807) is 12.1 Å².